The first-order valence-electron chi connectivity index (χ1n) is 7.89. The first kappa shape index (κ1) is 18.0. The Morgan fingerprint density at radius 3 is 2.91 bits per heavy atom. The van der Waals surface area contributed by atoms with Gasteiger partial charge in [0.25, 0.3) is 0 Å². The van der Waals surface area contributed by atoms with E-state index < -0.39 is 16.0 Å². The Kier molecular flexibility index (Phi) is 6.20. The number of carbonyl (C=O) groups is 1. The molecule has 2 heterocycles. The minimum atomic E-state index is -3.70. The average Bonchev–Trinajstić information content (AvgIpc) is 3.00. The van der Waals surface area contributed by atoms with E-state index in [-0.39, 0.29) is 16.4 Å². The van der Waals surface area contributed by atoms with Crippen LogP contribution in [0.25, 0.3) is 0 Å². The van der Waals surface area contributed by atoms with Crippen LogP contribution in [0.1, 0.15) is 42.5 Å². The number of furan rings is 1. The molecule has 1 atom stereocenters. The molecule has 1 aliphatic rings. The van der Waals surface area contributed by atoms with Gasteiger partial charge in [-0.25, -0.2) is 17.9 Å². The molecule has 0 saturated carbocycles. The normalized spacial score (nSPS) is 18.8. The molecule has 0 bridgehead atoms. The molecular formula is C15H24N2O5S. The molecule has 2 N–H and O–H groups in total. The third-order valence-corrected chi connectivity index (χ3v) is 5.52. The van der Waals surface area contributed by atoms with Crippen molar-refractivity contribution in [3.63, 3.8) is 0 Å². The van der Waals surface area contributed by atoms with Gasteiger partial charge in [0, 0.05) is 19.0 Å². The van der Waals surface area contributed by atoms with Crippen LogP contribution in [0.5, 0.6) is 0 Å². The van der Waals surface area contributed by atoms with Gasteiger partial charge in [0.15, 0.2) is 0 Å². The number of nitrogens with one attached hydrogen (secondary N) is 2. The molecule has 0 spiro atoms. The number of piperidine rings is 1. The Balaban J connectivity index is 2.03. The summed E-state index contributed by atoms with van der Waals surface area (Å²) in [5.74, 6) is -0.0278. The van der Waals surface area contributed by atoms with E-state index in [0.717, 1.165) is 32.4 Å². The number of rotatable bonds is 7. The predicted molar refractivity (Wildman–Crippen MR) is 84.8 cm³/mol. The van der Waals surface area contributed by atoms with Crippen LogP contribution in [-0.4, -0.2) is 41.1 Å². The summed E-state index contributed by atoms with van der Waals surface area (Å²) < 4.78 is 37.3. The summed E-state index contributed by atoms with van der Waals surface area (Å²) in [6.45, 7) is 4.11. The maximum absolute atomic E-state index is 12.4. The van der Waals surface area contributed by atoms with Crippen LogP contribution < -0.4 is 10.0 Å². The van der Waals surface area contributed by atoms with Crippen LogP contribution >= 0.6 is 0 Å². The lowest BCUT2D eigenvalue weighted by Gasteiger charge is -2.22. The minimum absolute atomic E-state index is 0.0159. The van der Waals surface area contributed by atoms with Gasteiger partial charge in [-0.05, 0) is 38.3 Å². The Hall–Kier alpha value is -1.38. The van der Waals surface area contributed by atoms with Crippen LogP contribution in [0, 0.1) is 5.92 Å². The van der Waals surface area contributed by atoms with Gasteiger partial charge in [0.2, 0.25) is 15.8 Å². The number of esters is 1. The van der Waals surface area contributed by atoms with E-state index in [1.165, 1.54) is 13.2 Å². The van der Waals surface area contributed by atoms with Crippen molar-refractivity contribution in [2.45, 2.75) is 37.5 Å². The topological polar surface area (TPSA) is 97.6 Å². The van der Waals surface area contributed by atoms with Gasteiger partial charge in [-0.15, -0.1) is 0 Å². The highest BCUT2D eigenvalue weighted by molar-refractivity contribution is 7.89. The van der Waals surface area contributed by atoms with Crippen molar-refractivity contribution in [3.05, 3.63) is 17.6 Å². The zero-order chi connectivity index (χ0) is 16.9. The molecule has 23 heavy (non-hydrogen) atoms. The zero-order valence-corrected chi connectivity index (χ0v) is 14.4. The zero-order valence-electron chi connectivity index (χ0n) is 13.6. The van der Waals surface area contributed by atoms with Gasteiger partial charge >= 0.3 is 5.97 Å². The largest absolute Gasteiger partial charge is 0.463 e. The second kappa shape index (κ2) is 7.94. The summed E-state index contributed by atoms with van der Waals surface area (Å²) in [5.41, 5.74) is 0. The van der Waals surface area contributed by atoms with Crippen molar-refractivity contribution in [1.29, 1.82) is 0 Å². The summed E-state index contributed by atoms with van der Waals surface area (Å²) >= 11 is 0. The molecule has 0 aromatic carbocycles. The Bertz CT molecular complexity index is 632. The smallest absolute Gasteiger partial charge is 0.373 e. The molecule has 0 radical (unpaired) electrons. The second-order valence-electron chi connectivity index (χ2n) is 5.64. The molecule has 1 aliphatic heterocycles. The fraction of sp³-hybridized carbons (Fsp3) is 0.667. The van der Waals surface area contributed by atoms with E-state index in [9.17, 15) is 13.2 Å². The van der Waals surface area contributed by atoms with Crippen molar-refractivity contribution in [2.24, 2.45) is 5.92 Å². The lowest BCUT2D eigenvalue weighted by atomic mass is 9.96. The van der Waals surface area contributed by atoms with Gasteiger partial charge in [-0.2, -0.15) is 0 Å². The molecule has 1 unspecified atom stereocenters. The molecule has 8 heteroatoms. The van der Waals surface area contributed by atoms with Gasteiger partial charge in [0.1, 0.15) is 10.7 Å². The molecule has 1 fully saturated rings. The van der Waals surface area contributed by atoms with Crippen molar-refractivity contribution in [1.82, 2.24) is 10.0 Å². The maximum atomic E-state index is 12.4. The number of ether oxygens (including phenoxy) is 1. The molecule has 1 aromatic rings. The van der Waals surface area contributed by atoms with Crippen LogP contribution in [0.3, 0.4) is 0 Å². The van der Waals surface area contributed by atoms with E-state index in [1.807, 2.05) is 0 Å². The third kappa shape index (κ3) is 4.55. The Morgan fingerprint density at radius 1 is 1.52 bits per heavy atom. The molecule has 1 aromatic heterocycles. The van der Waals surface area contributed by atoms with Gasteiger partial charge < -0.3 is 14.5 Å². The molecule has 7 nitrogen and oxygen atoms in total. The summed E-state index contributed by atoms with van der Waals surface area (Å²) in [6, 6.07) is 1.23. The van der Waals surface area contributed by atoms with Crippen LogP contribution in [0.4, 0.5) is 0 Å². The number of sulfonamides is 1. The Morgan fingerprint density at radius 2 is 2.30 bits per heavy atom. The standard InChI is InChI=1S/C15H24N2O5S/c1-3-12-14(9-13(22-12)15(18)21-2)23(19,20)17-8-6-11-5-4-7-16-10-11/h9,11,16-17H,3-8,10H2,1-2H3. The number of methoxy groups -OCH3 is 1. The molecular weight excluding hydrogens is 320 g/mol. The number of aryl methyl sites for hydroxylation is 1. The number of carbonyl (C=O) groups excluding carboxylic acids is 1. The van der Waals surface area contributed by atoms with Crippen molar-refractivity contribution in [3.8, 4) is 0 Å². The lowest BCUT2D eigenvalue weighted by molar-refractivity contribution is 0.0563. The summed E-state index contributed by atoms with van der Waals surface area (Å²) in [6.07, 6.45) is 3.41. The Labute approximate surface area is 136 Å². The first-order valence-corrected chi connectivity index (χ1v) is 9.37. The SMILES string of the molecule is CCc1oc(C(=O)OC)cc1S(=O)(=O)NCCC1CCCNC1. The van der Waals surface area contributed by atoms with Gasteiger partial charge in [-0.3, -0.25) is 0 Å². The molecule has 2 rings (SSSR count). The fourth-order valence-electron chi connectivity index (χ4n) is 2.73. The fourth-order valence-corrected chi connectivity index (χ4v) is 4.02. The van der Waals surface area contributed by atoms with Gasteiger partial charge in [0.05, 0.1) is 7.11 Å². The molecule has 0 amide bonds. The van der Waals surface area contributed by atoms with Crippen LogP contribution in [-0.2, 0) is 21.2 Å². The molecule has 0 aliphatic carbocycles. The monoisotopic (exact) mass is 344 g/mol. The van der Waals surface area contributed by atoms with E-state index in [1.54, 1.807) is 6.92 Å². The van der Waals surface area contributed by atoms with Crippen LogP contribution in [0.2, 0.25) is 0 Å². The quantitative estimate of drug-likeness (QED) is 0.724. The van der Waals surface area contributed by atoms with Crippen molar-refractivity contribution < 1.29 is 22.4 Å². The predicted octanol–water partition coefficient (Wildman–Crippen LogP) is 1.30. The van der Waals surface area contributed by atoms with E-state index >= 15 is 0 Å². The van der Waals surface area contributed by atoms with Crippen LogP contribution in [0.15, 0.2) is 15.4 Å². The van der Waals surface area contributed by atoms with Gasteiger partial charge in [-0.1, -0.05) is 6.92 Å². The summed E-state index contributed by atoms with van der Waals surface area (Å²) in [5, 5.41) is 3.31. The van der Waals surface area contributed by atoms with E-state index in [4.69, 9.17) is 4.42 Å². The number of hydrogen-bond donors (Lipinski definition) is 2. The maximum Gasteiger partial charge on any atom is 0.373 e. The van der Waals surface area contributed by atoms with Crippen molar-refractivity contribution in [2.75, 3.05) is 26.7 Å². The second-order valence-corrected chi connectivity index (χ2v) is 7.38. The summed E-state index contributed by atoms with van der Waals surface area (Å²) in [4.78, 5) is 11.5. The van der Waals surface area contributed by atoms with E-state index in [2.05, 4.69) is 14.8 Å². The average molecular weight is 344 g/mol. The summed E-state index contributed by atoms with van der Waals surface area (Å²) in [7, 11) is -2.47. The third-order valence-electron chi connectivity index (χ3n) is 4.01. The first-order chi connectivity index (χ1) is 11.0. The highest BCUT2D eigenvalue weighted by atomic mass is 32.2. The molecule has 1 saturated heterocycles. The highest BCUT2D eigenvalue weighted by Crippen LogP contribution is 2.22. The highest BCUT2D eigenvalue weighted by Gasteiger charge is 2.25. The molecule has 130 valence electrons. The van der Waals surface area contributed by atoms with E-state index in [0.29, 0.717) is 18.9 Å². The lowest BCUT2D eigenvalue weighted by Crippen LogP contribution is -2.33. The van der Waals surface area contributed by atoms with Crippen molar-refractivity contribution >= 4 is 16.0 Å². The number of hydrogen-bond acceptors (Lipinski definition) is 6. The minimum Gasteiger partial charge on any atom is -0.463 e.